The van der Waals surface area contributed by atoms with Gasteiger partial charge in [-0.25, -0.2) is 24.2 Å². The van der Waals surface area contributed by atoms with Crippen LogP contribution in [0.4, 0.5) is 5.82 Å². The van der Waals surface area contributed by atoms with Gasteiger partial charge in [-0.15, -0.1) is 5.10 Å². The summed E-state index contributed by atoms with van der Waals surface area (Å²) in [7, 11) is -7.10. The fourth-order valence-corrected chi connectivity index (χ4v) is 7.10. The monoisotopic (exact) mass is 637 g/mol. The first-order valence-corrected chi connectivity index (χ1v) is 15.6. The number of phosphoric acid groups is 1. The van der Waals surface area contributed by atoms with Gasteiger partial charge in [0.2, 0.25) is 0 Å². The van der Waals surface area contributed by atoms with Crippen LogP contribution in [0.1, 0.15) is 35.7 Å². The largest absolute Gasteiger partial charge is 0.472 e. The molecule has 0 spiro atoms. The van der Waals surface area contributed by atoms with Crippen LogP contribution in [0.3, 0.4) is 0 Å². The molecule has 19 nitrogen and oxygen atoms in total. The first-order chi connectivity index (χ1) is 20.7. The maximum Gasteiger partial charge on any atom is 0.472 e. The Bertz CT molecular complexity index is 1740. The Hall–Kier alpha value is -3.22. The first-order valence-electron chi connectivity index (χ1n) is 13.0. The Morgan fingerprint density at radius 1 is 1.05 bits per heavy atom. The van der Waals surface area contributed by atoms with Crippen molar-refractivity contribution in [2.24, 2.45) is 5.73 Å². The molecule has 0 bridgehead atoms. The van der Waals surface area contributed by atoms with E-state index in [0.29, 0.717) is 16.7 Å². The summed E-state index contributed by atoms with van der Waals surface area (Å²) in [6, 6.07) is 4.84. The molecule has 3 aliphatic rings. The van der Waals surface area contributed by atoms with Crippen molar-refractivity contribution in [3.05, 3.63) is 36.4 Å². The number of ether oxygens (including phenoxy) is 2. The molecule has 7 rings (SSSR count). The van der Waals surface area contributed by atoms with Crippen LogP contribution in [-0.4, -0.2) is 87.8 Å². The van der Waals surface area contributed by atoms with Crippen molar-refractivity contribution >= 4 is 50.3 Å². The second kappa shape index (κ2) is 11.0. The van der Waals surface area contributed by atoms with Gasteiger partial charge < -0.3 is 39.8 Å². The minimum Gasteiger partial charge on any atom is -0.382 e. The second-order valence-electron chi connectivity index (χ2n) is 9.97. The van der Waals surface area contributed by atoms with Crippen LogP contribution < -0.4 is 11.5 Å². The first kappa shape index (κ1) is 28.5. The van der Waals surface area contributed by atoms with Crippen molar-refractivity contribution in [1.29, 1.82) is 0 Å². The van der Waals surface area contributed by atoms with E-state index in [-0.39, 0.29) is 36.3 Å². The lowest BCUT2D eigenvalue weighted by Gasteiger charge is -2.26. The van der Waals surface area contributed by atoms with Gasteiger partial charge in [-0.05, 0) is 12.1 Å². The second-order valence-corrected chi connectivity index (χ2v) is 12.3. The molecular formula is C22H25N9O10P2. The number of amides is 1. The third kappa shape index (κ3) is 5.38. The zero-order valence-corrected chi connectivity index (χ0v) is 23.8. The molecule has 43 heavy (non-hydrogen) atoms. The van der Waals surface area contributed by atoms with Crippen LogP contribution in [-0.2, 0) is 32.1 Å². The predicted molar refractivity (Wildman–Crippen MR) is 143 cm³/mol. The van der Waals surface area contributed by atoms with E-state index in [4.69, 9.17) is 39.0 Å². The number of benzene rings is 1. The highest BCUT2D eigenvalue weighted by molar-refractivity contribution is 7.47. The molecule has 3 aromatic heterocycles. The normalized spacial score (nSPS) is 33.6. The Labute approximate surface area is 242 Å². The molecule has 8 atom stereocenters. The number of fused-ring (bicyclic) bond motifs is 4. The molecule has 4 aromatic rings. The van der Waals surface area contributed by atoms with Crippen LogP contribution >= 0.6 is 16.4 Å². The minimum atomic E-state index is -4.65. The predicted octanol–water partition coefficient (Wildman–Crippen LogP) is 0.664. The highest BCUT2D eigenvalue weighted by Crippen LogP contribution is 2.51. The van der Waals surface area contributed by atoms with E-state index >= 15 is 0 Å². The van der Waals surface area contributed by atoms with E-state index in [1.54, 1.807) is 16.7 Å². The number of carbonyl (C=O) groups is 1. The number of hydrogen-bond acceptors (Lipinski definition) is 15. The Morgan fingerprint density at radius 3 is 2.67 bits per heavy atom. The van der Waals surface area contributed by atoms with Crippen LogP contribution in [0, 0.1) is 0 Å². The van der Waals surface area contributed by atoms with Crippen LogP contribution in [0.5, 0.6) is 0 Å². The lowest BCUT2D eigenvalue weighted by Crippen LogP contribution is -2.32. The van der Waals surface area contributed by atoms with Gasteiger partial charge in [-0.1, -0.05) is 11.3 Å². The quantitative estimate of drug-likeness (QED) is 0.225. The molecule has 6 N–H and O–H groups in total. The molecule has 6 heterocycles. The third-order valence-electron chi connectivity index (χ3n) is 7.34. The zero-order valence-electron chi connectivity index (χ0n) is 22.0. The maximum atomic E-state index is 13.0. The average molecular weight is 637 g/mol. The van der Waals surface area contributed by atoms with Crippen LogP contribution in [0.25, 0.3) is 22.2 Å². The molecule has 0 radical (unpaired) electrons. The number of rotatable bonds is 3. The summed E-state index contributed by atoms with van der Waals surface area (Å²) in [4.78, 5) is 45.5. The molecule has 0 saturated carbocycles. The molecular weight excluding hydrogens is 612 g/mol. The average Bonchev–Trinajstić information content (AvgIpc) is 3.75. The summed E-state index contributed by atoms with van der Waals surface area (Å²) in [6.45, 7) is -0.667. The van der Waals surface area contributed by atoms with Gasteiger partial charge >= 0.3 is 16.4 Å². The summed E-state index contributed by atoms with van der Waals surface area (Å²) < 4.78 is 50.4. The van der Waals surface area contributed by atoms with Crippen molar-refractivity contribution in [1.82, 2.24) is 34.5 Å². The molecule has 0 aliphatic carbocycles. The van der Waals surface area contributed by atoms with Gasteiger partial charge in [-0.2, -0.15) is 0 Å². The number of carbonyl (C=O) groups excluding carboxylic acids is 1. The summed E-state index contributed by atoms with van der Waals surface area (Å²) in [5.41, 5.74) is 13.1. The molecule has 6 unspecified atom stereocenters. The molecule has 3 aliphatic heterocycles. The Morgan fingerprint density at radius 2 is 1.84 bits per heavy atom. The van der Waals surface area contributed by atoms with Gasteiger partial charge in [-0.3, -0.25) is 18.4 Å². The summed E-state index contributed by atoms with van der Waals surface area (Å²) in [5.74, 6) is -0.478. The molecule has 3 fully saturated rings. The van der Waals surface area contributed by atoms with Crippen LogP contribution in [0.2, 0.25) is 0 Å². The number of anilines is 1. The van der Waals surface area contributed by atoms with E-state index in [1.165, 1.54) is 23.4 Å². The SMILES string of the molecule is NC(=O)c1cccc2c1nnn2C1C[C@@H]2OP(O)OCC3OC(n4cnc5c(N)ncnc54)C[C@@H]3OP(=O)(O)OCC2O1. The lowest BCUT2D eigenvalue weighted by molar-refractivity contribution is -0.0634. The number of nitrogens with zero attached hydrogens (tertiary/aromatic N) is 7. The van der Waals surface area contributed by atoms with Gasteiger partial charge in [0.1, 0.15) is 41.9 Å². The zero-order chi connectivity index (χ0) is 29.9. The number of imidazole rings is 1. The minimum absolute atomic E-state index is 0.0960. The molecule has 3 saturated heterocycles. The van der Waals surface area contributed by atoms with Gasteiger partial charge in [0.05, 0.1) is 36.7 Å². The molecule has 228 valence electrons. The standard InChI is InChI=1S/C22H25N9O10P2/c23-20-19-22(26-8-25-20)30(9-27-19)16-5-13-14(38-16)6-36-42(33)40-12-4-17(39-15(12)7-37-43(34,35)41-13)31-11-3-1-2-10(21(24)32)18(11)28-29-31/h1-3,8-9,12-17,33H,4-7H2,(H2,24,32)(H,34,35)(H2,23,25,26)/t12-,13-,14?,15?,16?,17?,42?/m0/s1. The van der Waals surface area contributed by atoms with Crippen molar-refractivity contribution < 1.29 is 46.7 Å². The van der Waals surface area contributed by atoms with Crippen molar-refractivity contribution in [3.63, 3.8) is 0 Å². The summed E-state index contributed by atoms with van der Waals surface area (Å²) >= 11 is 0. The van der Waals surface area contributed by atoms with E-state index in [1.807, 2.05) is 0 Å². The number of hydrogen-bond donors (Lipinski definition) is 4. The molecule has 21 heteroatoms. The van der Waals surface area contributed by atoms with Crippen molar-refractivity contribution in [2.75, 3.05) is 18.9 Å². The van der Waals surface area contributed by atoms with E-state index in [9.17, 15) is 19.1 Å². The number of primary amides is 1. The van der Waals surface area contributed by atoms with E-state index < -0.39 is 65.8 Å². The van der Waals surface area contributed by atoms with E-state index in [2.05, 4.69) is 25.3 Å². The Kier molecular flexibility index (Phi) is 7.33. The number of nitrogens with two attached hydrogens (primary N) is 2. The fraction of sp³-hybridized carbons (Fsp3) is 0.455. The smallest absolute Gasteiger partial charge is 0.382 e. The van der Waals surface area contributed by atoms with Gasteiger partial charge in [0.15, 0.2) is 17.7 Å². The topological polar surface area (TPSA) is 256 Å². The number of aromatic nitrogens is 7. The van der Waals surface area contributed by atoms with E-state index in [0.717, 1.165) is 0 Å². The van der Waals surface area contributed by atoms with Crippen LogP contribution in [0.15, 0.2) is 30.9 Å². The van der Waals surface area contributed by atoms with Gasteiger partial charge in [0, 0.05) is 12.8 Å². The number of phosphoric ester groups is 1. The maximum absolute atomic E-state index is 13.0. The summed E-state index contributed by atoms with van der Waals surface area (Å²) in [5, 5.41) is 8.17. The fourth-order valence-electron chi connectivity index (χ4n) is 5.35. The molecule has 1 aromatic carbocycles. The number of nitrogen functional groups attached to an aromatic ring is 1. The highest BCUT2D eigenvalue weighted by Gasteiger charge is 2.46. The highest BCUT2D eigenvalue weighted by atomic mass is 31.2. The van der Waals surface area contributed by atoms with Gasteiger partial charge in [0.25, 0.3) is 5.91 Å². The van der Waals surface area contributed by atoms with Crippen molar-refractivity contribution in [2.45, 2.75) is 49.7 Å². The third-order valence-corrected chi connectivity index (χ3v) is 9.18. The summed E-state index contributed by atoms with van der Waals surface area (Å²) in [6.07, 6.45) is -2.16. The lowest BCUT2D eigenvalue weighted by atomic mass is 10.1. The Balaban J connectivity index is 1.10. The molecule has 1 amide bonds. The van der Waals surface area contributed by atoms with Crippen molar-refractivity contribution in [3.8, 4) is 0 Å².